The van der Waals surface area contributed by atoms with E-state index < -0.39 is 0 Å². The molecule has 0 radical (unpaired) electrons. The molecule has 26 heavy (non-hydrogen) atoms. The summed E-state index contributed by atoms with van der Waals surface area (Å²) in [5.74, 6) is 1.35. The Morgan fingerprint density at radius 3 is 2.54 bits per heavy atom. The molecule has 0 aromatic heterocycles. The van der Waals surface area contributed by atoms with Crippen LogP contribution >= 0.6 is 15.9 Å². The summed E-state index contributed by atoms with van der Waals surface area (Å²) < 4.78 is 19.9. The Kier molecular flexibility index (Phi) is 5.81. The fourth-order valence-corrected chi connectivity index (χ4v) is 3.24. The maximum atomic E-state index is 13.7. The molecule has 2 aromatic carbocycles. The van der Waals surface area contributed by atoms with Crippen LogP contribution in [0, 0.1) is 19.7 Å². The molecule has 0 aliphatic carbocycles. The largest absolute Gasteiger partial charge is 0.457 e. The van der Waals surface area contributed by atoms with E-state index in [4.69, 9.17) is 10.5 Å². The molecule has 2 aromatic rings. The van der Waals surface area contributed by atoms with Crippen LogP contribution in [0.3, 0.4) is 0 Å². The van der Waals surface area contributed by atoms with Gasteiger partial charge in [0.15, 0.2) is 5.96 Å². The molecule has 1 saturated heterocycles. The van der Waals surface area contributed by atoms with Crippen LogP contribution in [0.5, 0.6) is 11.5 Å². The summed E-state index contributed by atoms with van der Waals surface area (Å²) in [4.78, 5) is 6.75. The second-order valence-electron chi connectivity index (χ2n) is 6.60. The SMILES string of the molecule is Cc1cc(Oc2ccc(Br)c(F)c2)c(C)cc1N=C(N)N1CCCCC1. The number of aryl methyl sites for hydroxylation is 2. The molecule has 1 aliphatic heterocycles. The standard InChI is InChI=1S/C20H23BrFN3O/c1-13-11-19(26-15-6-7-16(21)17(22)12-15)14(2)10-18(13)24-20(23)25-8-4-3-5-9-25/h6-7,10-12H,3-5,8-9H2,1-2H3,(H2,23,24). The molecule has 0 saturated carbocycles. The van der Waals surface area contributed by atoms with Crippen molar-refractivity contribution in [3.8, 4) is 11.5 Å². The maximum Gasteiger partial charge on any atom is 0.196 e. The Bertz CT molecular complexity index is 832. The quantitative estimate of drug-likeness (QED) is 0.532. The molecule has 0 amide bonds. The van der Waals surface area contributed by atoms with Crippen LogP contribution in [0.2, 0.25) is 0 Å². The maximum absolute atomic E-state index is 13.7. The van der Waals surface area contributed by atoms with Crippen LogP contribution in [0.15, 0.2) is 39.8 Å². The number of likely N-dealkylation sites (tertiary alicyclic amines) is 1. The Morgan fingerprint density at radius 1 is 1.12 bits per heavy atom. The number of hydrogen-bond acceptors (Lipinski definition) is 2. The number of nitrogens with zero attached hydrogens (tertiary/aromatic N) is 2. The lowest BCUT2D eigenvalue weighted by molar-refractivity contribution is 0.339. The molecular weight excluding hydrogens is 397 g/mol. The van der Waals surface area contributed by atoms with Crippen molar-refractivity contribution in [2.45, 2.75) is 33.1 Å². The molecule has 1 fully saturated rings. The van der Waals surface area contributed by atoms with E-state index in [0.29, 0.717) is 21.9 Å². The van der Waals surface area contributed by atoms with Gasteiger partial charge in [0, 0.05) is 19.2 Å². The van der Waals surface area contributed by atoms with Gasteiger partial charge in [-0.3, -0.25) is 0 Å². The zero-order valence-electron chi connectivity index (χ0n) is 15.1. The Balaban J connectivity index is 1.82. The van der Waals surface area contributed by atoms with E-state index in [2.05, 4.69) is 25.8 Å². The first-order valence-electron chi connectivity index (χ1n) is 8.77. The number of aliphatic imine (C=N–C) groups is 1. The van der Waals surface area contributed by atoms with Crippen LogP contribution < -0.4 is 10.5 Å². The highest BCUT2D eigenvalue weighted by molar-refractivity contribution is 9.10. The minimum atomic E-state index is -0.354. The highest BCUT2D eigenvalue weighted by Crippen LogP contribution is 2.32. The zero-order chi connectivity index (χ0) is 18.7. The molecule has 6 heteroatoms. The molecular formula is C20H23BrFN3O. The number of rotatable bonds is 3. The number of hydrogen-bond donors (Lipinski definition) is 1. The average molecular weight is 420 g/mol. The van der Waals surface area contributed by atoms with Gasteiger partial charge in [0.25, 0.3) is 0 Å². The Morgan fingerprint density at radius 2 is 1.85 bits per heavy atom. The lowest BCUT2D eigenvalue weighted by atomic mass is 10.1. The molecule has 0 atom stereocenters. The number of halogens is 2. The van der Waals surface area contributed by atoms with Crippen LogP contribution in [0.1, 0.15) is 30.4 Å². The third kappa shape index (κ3) is 4.36. The molecule has 0 unspecified atom stereocenters. The summed E-state index contributed by atoms with van der Waals surface area (Å²) in [6.07, 6.45) is 3.57. The van der Waals surface area contributed by atoms with Gasteiger partial charge in [0.05, 0.1) is 10.2 Å². The van der Waals surface area contributed by atoms with E-state index in [1.807, 2.05) is 26.0 Å². The molecule has 1 aliphatic rings. The molecule has 4 nitrogen and oxygen atoms in total. The van der Waals surface area contributed by atoms with Gasteiger partial charge in [-0.25, -0.2) is 9.38 Å². The molecule has 0 bridgehead atoms. The minimum absolute atomic E-state index is 0.354. The minimum Gasteiger partial charge on any atom is -0.457 e. The number of guanidine groups is 1. The van der Waals surface area contributed by atoms with Gasteiger partial charge in [-0.2, -0.15) is 0 Å². The summed E-state index contributed by atoms with van der Waals surface area (Å²) in [5, 5.41) is 0. The van der Waals surface area contributed by atoms with Gasteiger partial charge < -0.3 is 15.4 Å². The van der Waals surface area contributed by atoms with E-state index in [0.717, 1.165) is 42.7 Å². The summed E-state index contributed by atoms with van der Waals surface area (Å²) in [7, 11) is 0. The highest BCUT2D eigenvalue weighted by Gasteiger charge is 2.13. The van der Waals surface area contributed by atoms with Crippen molar-refractivity contribution >= 4 is 27.6 Å². The van der Waals surface area contributed by atoms with E-state index in [9.17, 15) is 4.39 Å². The normalized spacial score (nSPS) is 15.2. The molecule has 138 valence electrons. The topological polar surface area (TPSA) is 50.9 Å². The van der Waals surface area contributed by atoms with Crippen molar-refractivity contribution in [3.05, 3.63) is 51.7 Å². The third-order valence-corrected chi connectivity index (χ3v) is 5.17. The van der Waals surface area contributed by atoms with E-state index in [-0.39, 0.29) is 5.82 Å². The first-order valence-corrected chi connectivity index (χ1v) is 9.56. The van der Waals surface area contributed by atoms with Gasteiger partial charge in [0.2, 0.25) is 0 Å². The van der Waals surface area contributed by atoms with E-state index in [1.165, 1.54) is 12.5 Å². The van der Waals surface area contributed by atoms with Gasteiger partial charge in [-0.05, 0) is 84.4 Å². The van der Waals surface area contributed by atoms with Crippen molar-refractivity contribution < 1.29 is 9.13 Å². The molecule has 0 spiro atoms. The summed E-state index contributed by atoms with van der Waals surface area (Å²) >= 11 is 3.14. The lowest BCUT2D eigenvalue weighted by Gasteiger charge is -2.27. The highest BCUT2D eigenvalue weighted by atomic mass is 79.9. The predicted octanol–water partition coefficient (Wildman–Crippen LogP) is 5.43. The van der Waals surface area contributed by atoms with Crippen molar-refractivity contribution in [1.82, 2.24) is 4.90 Å². The van der Waals surface area contributed by atoms with Gasteiger partial charge in [-0.1, -0.05) is 0 Å². The number of piperidine rings is 1. The molecule has 1 heterocycles. The monoisotopic (exact) mass is 419 g/mol. The second kappa shape index (κ2) is 8.08. The predicted molar refractivity (Wildman–Crippen MR) is 107 cm³/mol. The fourth-order valence-electron chi connectivity index (χ4n) is 2.99. The van der Waals surface area contributed by atoms with Crippen LogP contribution in [-0.4, -0.2) is 23.9 Å². The lowest BCUT2D eigenvalue weighted by Crippen LogP contribution is -2.40. The number of benzene rings is 2. The molecule has 3 rings (SSSR count). The van der Waals surface area contributed by atoms with E-state index in [1.54, 1.807) is 12.1 Å². The smallest absolute Gasteiger partial charge is 0.196 e. The van der Waals surface area contributed by atoms with Crippen molar-refractivity contribution in [2.75, 3.05) is 13.1 Å². The van der Waals surface area contributed by atoms with Crippen LogP contribution in [0.25, 0.3) is 0 Å². The second-order valence-corrected chi connectivity index (χ2v) is 7.45. The number of nitrogens with two attached hydrogens (primary N) is 1. The van der Waals surface area contributed by atoms with Crippen molar-refractivity contribution in [2.24, 2.45) is 10.7 Å². The summed E-state index contributed by atoms with van der Waals surface area (Å²) in [6, 6.07) is 8.58. The first-order chi connectivity index (χ1) is 12.4. The third-order valence-electron chi connectivity index (χ3n) is 4.53. The average Bonchev–Trinajstić information content (AvgIpc) is 2.63. The van der Waals surface area contributed by atoms with E-state index >= 15 is 0 Å². The van der Waals surface area contributed by atoms with Gasteiger partial charge in [-0.15, -0.1) is 0 Å². The Hall–Kier alpha value is -2.08. The first kappa shape index (κ1) is 18.7. The molecule has 2 N–H and O–H groups in total. The van der Waals surface area contributed by atoms with Crippen LogP contribution in [-0.2, 0) is 0 Å². The van der Waals surface area contributed by atoms with Crippen molar-refractivity contribution in [1.29, 1.82) is 0 Å². The zero-order valence-corrected chi connectivity index (χ0v) is 16.6. The number of ether oxygens (including phenoxy) is 1. The summed E-state index contributed by atoms with van der Waals surface area (Å²) in [5.41, 5.74) is 8.91. The van der Waals surface area contributed by atoms with Crippen molar-refractivity contribution in [3.63, 3.8) is 0 Å². The van der Waals surface area contributed by atoms with Gasteiger partial charge in [0.1, 0.15) is 17.3 Å². The van der Waals surface area contributed by atoms with Gasteiger partial charge >= 0.3 is 0 Å². The fraction of sp³-hybridized carbons (Fsp3) is 0.350. The summed E-state index contributed by atoms with van der Waals surface area (Å²) in [6.45, 7) is 5.84. The Labute approximate surface area is 162 Å². The van der Waals surface area contributed by atoms with Crippen LogP contribution in [0.4, 0.5) is 10.1 Å².